The Hall–Kier alpha value is -0.660. The molecule has 1 heterocycles. The van der Waals surface area contributed by atoms with Crippen LogP contribution in [0.5, 0.6) is 0 Å². The number of aliphatic carboxylic acids is 1. The highest BCUT2D eigenvalue weighted by molar-refractivity contribution is 7.90. The third kappa shape index (κ3) is 3.51. The van der Waals surface area contributed by atoms with Gasteiger partial charge in [-0.3, -0.25) is 4.79 Å². The first-order valence-electron chi connectivity index (χ1n) is 7.26. The van der Waals surface area contributed by atoms with Crippen molar-refractivity contribution in [3.05, 3.63) is 0 Å². The van der Waals surface area contributed by atoms with Crippen molar-refractivity contribution in [1.82, 2.24) is 4.72 Å². The van der Waals surface area contributed by atoms with E-state index in [1.165, 1.54) is 0 Å². The monoisotopic (exact) mass is 305 g/mol. The third-order valence-electron chi connectivity index (χ3n) is 4.48. The van der Waals surface area contributed by atoms with Crippen LogP contribution in [0.25, 0.3) is 0 Å². The van der Waals surface area contributed by atoms with Crippen LogP contribution in [0.15, 0.2) is 0 Å². The number of carboxylic acids is 1. The van der Waals surface area contributed by atoms with Gasteiger partial charge in [-0.05, 0) is 25.7 Å². The highest BCUT2D eigenvalue weighted by Crippen LogP contribution is 2.36. The first-order chi connectivity index (χ1) is 9.46. The third-order valence-corrected chi connectivity index (χ3v) is 6.38. The van der Waals surface area contributed by atoms with Gasteiger partial charge in [-0.15, -0.1) is 0 Å². The zero-order valence-electron chi connectivity index (χ0n) is 11.6. The molecule has 1 aliphatic heterocycles. The highest BCUT2D eigenvalue weighted by atomic mass is 32.2. The Kier molecular flexibility index (Phi) is 5.04. The molecule has 0 atom stereocenters. The Morgan fingerprint density at radius 3 is 2.35 bits per heavy atom. The molecule has 1 saturated heterocycles. The van der Waals surface area contributed by atoms with Crippen LogP contribution in [0.1, 0.15) is 44.9 Å². The van der Waals surface area contributed by atoms with E-state index < -0.39 is 26.7 Å². The molecule has 0 radical (unpaired) electrons. The summed E-state index contributed by atoms with van der Waals surface area (Å²) in [5, 5.41) is 8.99. The summed E-state index contributed by atoms with van der Waals surface area (Å²) in [5.41, 5.74) is -0.920. The van der Waals surface area contributed by atoms with Crippen LogP contribution in [0, 0.1) is 5.41 Å². The van der Waals surface area contributed by atoms with Gasteiger partial charge >= 0.3 is 5.97 Å². The fourth-order valence-electron chi connectivity index (χ4n) is 3.04. The topological polar surface area (TPSA) is 92.7 Å². The lowest BCUT2D eigenvalue weighted by Gasteiger charge is -2.34. The molecule has 0 aromatic carbocycles. The van der Waals surface area contributed by atoms with Crippen LogP contribution in [-0.4, -0.2) is 44.5 Å². The molecule has 0 aromatic rings. The second kappa shape index (κ2) is 6.41. The van der Waals surface area contributed by atoms with Crippen molar-refractivity contribution in [3.8, 4) is 0 Å². The minimum Gasteiger partial charge on any atom is -0.481 e. The molecule has 20 heavy (non-hydrogen) atoms. The van der Waals surface area contributed by atoms with E-state index >= 15 is 0 Å². The minimum absolute atomic E-state index is 0.0159. The summed E-state index contributed by atoms with van der Waals surface area (Å²) in [6, 6.07) is 0. The quantitative estimate of drug-likeness (QED) is 0.794. The first kappa shape index (κ1) is 15.7. The summed E-state index contributed by atoms with van der Waals surface area (Å²) in [7, 11) is -3.45. The normalized spacial score (nSPS) is 24.4. The summed E-state index contributed by atoms with van der Waals surface area (Å²) in [6.45, 7) is 0.924. The lowest BCUT2D eigenvalue weighted by Crippen LogP contribution is -2.47. The number of nitrogens with one attached hydrogen (secondary N) is 1. The molecular formula is C13H23NO5S. The van der Waals surface area contributed by atoms with Gasteiger partial charge in [0.1, 0.15) is 0 Å². The molecule has 0 bridgehead atoms. The van der Waals surface area contributed by atoms with Crippen molar-refractivity contribution in [2.24, 2.45) is 5.41 Å². The maximum absolute atomic E-state index is 12.2. The van der Waals surface area contributed by atoms with Gasteiger partial charge in [-0.1, -0.05) is 19.3 Å². The standard InChI is InChI=1S/C13H23NO5S/c15-12(16)13(6-2-1-3-7-13)10-14-20(17,18)11-4-8-19-9-5-11/h11,14H,1-10H2,(H,15,16). The number of hydrogen-bond donors (Lipinski definition) is 2. The number of sulfonamides is 1. The highest BCUT2D eigenvalue weighted by Gasteiger charge is 2.41. The Morgan fingerprint density at radius 1 is 1.20 bits per heavy atom. The zero-order chi connectivity index (χ0) is 14.6. The molecule has 1 aliphatic carbocycles. The Morgan fingerprint density at radius 2 is 1.80 bits per heavy atom. The Labute approximate surface area is 119 Å². The lowest BCUT2D eigenvalue weighted by molar-refractivity contribution is -0.150. The van der Waals surface area contributed by atoms with Gasteiger partial charge in [0, 0.05) is 19.8 Å². The molecule has 6 nitrogen and oxygen atoms in total. The van der Waals surface area contributed by atoms with Gasteiger partial charge in [0.25, 0.3) is 0 Å². The van der Waals surface area contributed by atoms with Gasteiger partial charge in [-0.2, -0.15) is 0 Å². The Bertz CT molecular complexity index is 436. The number of carboxylic acid groups (broad SMARTS) is 1. The average molecular weight is 305 g/mol. The predicted octanol–water partition coefficient (Wildman–Crippen LogP) is 1.12. The molecule has 0 unspecified atom stereocenters. The molecule has 0 aromatic heterocycles. The summed E-state index contributed by atoms with van der Waals surface area (Å²) >= 11 is 0. The minimum atomic E-state index is -3.45. The van der Waals surface area contributed by atoms with E-state index in [9.17, 15) is 18.3 Å². The number of carbonyl (C=O) groups is 1. The molecule has 0 amide bonds. The molecule has 2 N–H and O–H groups in total. The fraction of sp³-hybridized carbons (Fsp3) is 0.923. The van der Waals surface area contributed by atoms with Crippen LogP contribution >= 0.6 is 0 Å². The molecule has 7 heteroatoms. The van der Waals surface area contributed by atoms with Gasteiger partial charge in [0.05, 0.1) is 10.7 Å². The van der Waals surface area contributed by atoms with E-state index in [4.69, 9.17) is 4.74 Å². The summed E-state index contributed by atoms with van der Waals surface area (Å²) in [4.78, 5) is 11.5. The number of rotatable bonds is 5. The van der Waals surface area contributed by atoms with E-state index in [0.717, 1.165) is 19.3 Å². The van der Waals surface area contributed by atoms with Crippen molar-refractivity contribution in [2.45, 2.75) is 50.2 Å². The van der Waals surface area contributed by atoms with Crippen LogP contribution in [-0.2, 0) is 19.6 Å². The predicted molar refractivity (Wildman–Crippen MR) is 73.9 cm³/mol. The van der Waals surface area contributed by atoms with Gasteiger partial charge < -0.3 is 9.84 Å². The zero-order valence-corrected chi connectivity index (χ0v) is 12.5. The molecule has 2 rings (SSSR count). The van der Waals surface area contributed by atoms with Gasteiger partial charge in [0.15, 0.2) is 0 Å². The molecule has 2 fully saturated rings. The molecule has 2 aliphatic rings. The Balaban J connectivity index is 1.99. The molecule has 0 spiro atoms. The number of ether oxygens (including phenoxy) is 1. The van der Waals surface area contributed by atoms with E-state index in [-0.39, 0.29) is 6.54 Å². The van der Waals surface area contributed by atoms with Crippen molar-refractivity contribution >= 4 is 16.0 Å². The molecule has 116 valence electrons. The summed E-state index contributed by atoms with van der Waals surface area (Å²) in [5.74, 6) is -0.883. The van der Waals surface area contributed by atoms with Crippen LogP contribution < -0.4 is 4.72 Å². The van der Waals surface area contributed by atoms with Gasteiger partial charge in [-0.25, -0.2) is 13.1 Å². The van der Waals surface area contributed by atoms with Crippen molar-refractivity contribution in [3.63, 3.8) is 0 Å². The number of hydrogen-bond acceptors (Lipinski definition) is 4. The van der Waals surface area contributed by atoms with Crippen molar-refractivity contribution in [2.75, 3.05) is 19.8 Å². The van der Waals surface area contributed by atoms with Crippen molar-refractivity contribution in [1.29, 1.82) is 0 Å². The van der Waals surface area contributed by atoms with Crippen LogP contribution in [0.4, 0.5) is 0 Å². The second-order valence-corrected chi connectivity index (χ2v) is 7.87. The summed E-state index contributed by atoms with van der Waals surface area (Å²) < 4.78 is 32.2. The van der Waals surface area contributed by atoms with Crippen molar-refractivity contribution < 1.29 is 23.1 Å². The second-order valence-electron chi connectivity index (χ2n) is 5.82. The maximum Gasteiger partial charge on any atom is 0.310 e. The molecule has 1 saturated carbocycles. The van der Waals surface area contributed by atoms with Crippen LogP contribution in [0.2, 0.25) is 0 Å². The fourth-order valence-corrected chi connectivity index (χ4v) is 4.56. The average Bonchev–Trinajstić information content (AvgIpc) is 2.47. The summed E-state index contributed by atoms with van der Waals surface area (Å²) in [6.07, 6.45) is 4.81. The van der Waals surface area contributed by atoms with E-state index in [0.29, 0.717) is 38.9 Å². The SMILES string of the molecule is O=C(O)C1(CNS(=O)(=O)C2CCOCC2)CCCCC1. The molecular weight excluding hydrogens is 282 g/mol. The smallest absolute Gasteiger partial charge is 0.310 e. The van der Waals surface area contributed by atoms with E-state index in [1.54, 1.807) is 0 Å². The largest absolute Gasteiger partial charge is 0.481 e. The maximum atomic E-state index is 12.2. The van der Waals surface area contributed by atoms with E-state index in [2.05, 4.69) is 4.72 Å². The van der Waals surface area contributed by atoms with Crippen LogP contribution in [0.3, 0.4) is 0 Å². The van der Waals surface area contributed by atoms with Gasteiger partial charge in [0.2, 0.25) is 10.0 Å². The first-order valence-corrected chi connectivity index (χ1v) is 8.81. The van der Waals surface area contributed by atoms with E-state index in [1.807, 2.05) is 0 Å². The lowest BCUT2D eigenvalue weighted by atomic mass is 9.74.